The number of nitrogens with two attached hydrogens (primary N) is 1. The largest absolute Gasteiger partial charge is 0.347 e. The molecule has 26 heavy (non-hydrogen) atoms. The molecule has 5 nitrogen and oxygen atoms in total. The third-order valence-corrected chi connectivity index (χ3v) is 5.64. The van der Waals surface area contributed by atoms with Gasteiger partial charge in [0.25, 0.3) is 0 Å². The molecule has 138 valence electrons. The zero-order chi connectivity index (χ0) is 18.3. The fraction of sp³-hybridized carbons (Fsp3) is 0.474. The smallest absolute Gasteiger partial charge is 0.224 e. The van der Waals surface area contributed by atoms with Crippen molar-refractivity contribution >= 4 is 5.91 Å². The van der Waals surface area contributed by atoms with Crippen molar-refractivity contribution in [2.45, 2.75) is 50.1 Å². The molecular weight excluding hydrogens is 338 g/mol. The fourth-order valence-electron chi connectivity index (χ4n) is 4.35. The predicted molar refractivity (Wildman–Crippen MR) is 92.3 cm³/mol. The number of benzene rings is 1. The van der Waals surface area contributed by atoms with E-state index >= 15 is 0 Å². The highest BCUT2D eigenvalue weighted by Crippen LogP contribution is 2.38. The average molecular weight is 360 g/mol. The van der Waals surface area contributed by atoms with Crippen LogP contribution >= 0.6 is 0 Å². The zero-order valence-electron chi connectivity index (χ0n) is 14.4. The molecule has 1 saturated heterocycles. The van der Waals surface area contributed by atoms with Crippen molar-refractivity contribution in [3.8, 4) is 0 Å². The molecule has 0 bridgehead atoms. The summed E-state index contributed by atoms with van der Waals surface area (Å²) >= 11 is 0. The molecular formula is C19H22F2N4O. The molecule has 1 aliphatic carbocycles. The lowest BCUT2D eigenvalue weighted by Crippen LogP contribution is -2.38. The van der Waals surface area contributed by atoms with Gasteiger partial charge in [0.2, 0.25) is 5.91 Å². The van der Waals surface area contributed by atoms with E-state index in [1.807, 2.05) is 4.90 Å². The number of halogens is 2. The minimum Gasteiger partial charge on any atom is -0.347 e. The molecule has 3 N–H and O–H groups in total. The van der Waals surface area contributed by atoms with Crippen LogP contribution < -0.4 is 5.73 Å². The minimum absolute atomic E-state index is 0.00701. The summed E-state index contributed by atoms with van der Waals surface area (Å²) in [4.78, 5) is 22.0. The summed E-state index contributed by atoms with van der Waals surface area (Å²) in [5.41, 5.74) is 7.87. The SMILES string of the molecule is N[C@@H](CC(=O)N1CCC[C@H]1c1ncc[nH]1)[C@H]1CCc2cc(F)c(F)cc21. The lowest BCUT2D eigenvalue weighted by molar-refractivity contribution is -0.132. The number of H-pyrrole nitrogens is 1. The number of nitrogens with one attached hydrogen (secondary N) is 1. The Kier molecular flexibility index (Phi) is 4.48. The van der Waals surface area contributed by atoms with Gasteiger partial charge in [0.1, 0.15) is 5.82 Å². The van der Waals surface area contributed by atoms with Gasteiger partial charge in [0.05, 0.1) is 6.04 Å². The van der Waals surface area contributed by atoms with Gasteiger partial charge in [-0.1, -0.05) is 0 Å². The molecule has 1 fully saturated rings. The molecule has 2 aromatic rings. The summed E-state index contributed by atoms with van der Waals surface area (Å²) in [5, 5.41) is 0. The number of nitrogens with zero attached hydrogens (tertiary/aromatic N) is 2. The molecule has 0 spiro atoms. The topological polar surface area (TPSA) is 75.0 Å². The van der Waals surface area contributed by atoms with E-state index in [0.29, 0.717) is 19.4 Å². The number of imidazole rings is 1. The first kappa shape index (κ1) is 17.1. The van der Waals surface area contributed by atoms with Gasteiger partial charge in [-0.25, -0.2) is 13.8 Å². The van der Waals surface area contributed by atoms with E-state index in [4.69, 9.17) is 5.73 Å². The highest BCUT2D eigenvalue weighted by Gasteiger charge is 2.35. The minimum atomic E-state index is -0.855. The van der Waals surface area contributed by atoms with E-state index in [1.54, 1.807) is 12.4 Å². The maximum absolute atomic E-state index is 13.6. The Balaban J connectivity index is 1.47. The Bertz CT molecular complexity index is 808. The van der Waals surface area contributed by atoms with Crippen molar-refractivity contribution in [3.63, 3.8) is 0 Å². The Morgan fingerprint density at radius 2 is 2.15 bits per heavy atom. The average Bonchev–Trinajstić information content (AvgIpc) is 3.35. The van der Waals surface area contributed by atoms with Crippen molar-refractivity contribution in [2.75, 3.05) is 6.54 Å². The summed E-state index contributed by atoms with van der Waals surface area (Å²) in [7, 11) is 0. The molecule has 1 aliphatic heterocycles. The predicted octanol–water partition coefficient (Wildman–Crippen LogP) is 2.80. The van der Waals surface area contributed by atoms with Crippen LogP contribution in [0.2, 0.25) is 0 Å². The van der Waals surface area contributed by atoms with Gasteiger partial charge in [-0.05, 0) is 48.9 Å². The quantitative estimate of drug-likeness (QED) is 0.880. The number of rotatable bonds is 4. The number of carbonyl (C=O) groups excluding carboxylic acids is 1. The van der Waals surface area contributed by atoms with Crippen molar-refractivity contribution in [3.05, 3.63) is 53.1 Å². The first-order valence-corrected chi connectivity index (χ1v) is 9.06. The van der Waals surface area contributed by atoms with Crippen LogP contribution in [0.1, 0.15) is 54.6 Å². The number of aromatic nitrogens is 2. The van der Waals surface area contributed by atoms with Gasteiger partial charge in [-0.3, -0.25) is 4.79 Å². The normalized spacial score (nSPS) is 23.3. The molecule has 7 heteroatoms. The van der Waals surface area contributed by atoms with Crippen LogP contribution in [0.4, 0.5) is 8.78 Å². The Labute approximate surface area is 150 Å². The van der Waals surface area contributed by atoms with Crippen LogP contribution in [0, 0.1) is 11.6 Å². The first-order valence-electron chi connectivity index (χ1n) is 9.06. The van der Waals surface area contributed by atoms with Crippen LogP contribution in [-0.2, 0) is 11.2 Å². The second-order valence-corrected chi connectivity index (χ2v) is 7.20. The molecule has 1 aromatic heterocycles. The van der Waals surface area contributed by atoms with E-state index in [0.717, 1.165) is 29.8 Å². The van der Waals surface area contributed by atoms with E-state index in [9.17, 15) is 13.6 Å². The van der Waals surface area contributed by atoms with Crippen LogP contribution in [0.25, 0.3) is 0 Å². The number of hydrogen-bond acceptors (Lipinski definition) is 3. The molecule has 0 saturated carbocycles. The van der Waals surface area contributed by atoms with Crippen molar-refractivity contribution in [1.29, 1.82) is 0 Å². The number of carbonyl (C=O) groups is 1. The lowest BCUT2D eigenvalue weighted by atomic mass is 9.91. The van der Waals surface area contributed by atoms with Crippen LogP contribution in [0.5, 0.6) is 0 Å². The third-order valence-electron chi connectivity index (χ3n) is 5.64. The molecule has 1 amide bonds. The Morgan fingerprint density at radius 1 is 1.35 bits per heavy atom. The fourth-order valence-corrected chi connectivity index (χ4v) is 4.35. The number of fused-ring (bicyclic) bond motifs is 1. The number of aryl methyl sites for hydroxylation is 1. The molecule has 1 aromatic carbocycles. The molecule has 4 rings (SSSR count). The summed E-state index contributed by atoms with van der Waals surface area (Å²) in [5.74, 6) is -1.01. The zero-order valence-corrected chi connectivity index (χ0v) is 14.4. The van der Waals surface area contributed by atoms with E-state index in [-0.39, 0.29) is 24.3 Å². The summed E-state index contributed by atoms with van der Waals surface area (Å²) in [6.45, 7) is 0.692. The third kappa shape index (κ3) is 3.00. The van der Waals surface area contributed by atoms with Crippen molar-refractivity contribution < 1.29 is 13.6 Å². The Hall–Kier alpha value is -2.28. The second kappa shape index (κ2) is 6.79. The van der Waals surface area contributed by atoms with Crippen LogP contribution in [0.15, 0.2) is 24.5 Å². The van der Waals surface area contributed by atoms with Crippen LogP contribution in [-0.4, -0.2) is 33.4 Å². The maximum Gasteiger partial charge on any atom is 0.224 e. The molecule has 2 heterocycles. The monoisotopic (exact) mass is 360 g/mol. The van der Waals surface area contributed by atoms with E-state index in [1.165, 1.54) is 12.1 Å². The summed E-state index contributed by atoms with van der Waals surface area (Å²) in [6.07, 6.45) is 6.83. The van der Waals surface area contributed by atoms with Crippen molar-refractivity contribution in [1.82, 2.24) is 14.9 Å². The van der Waals surface area contributed by atoms with Gasteiger partial charge in [0, 0.05) is 37.3 Å². The second-order valence-electron chi connectivity index (χ2n) is 7.20. The molecule has 0 radical (unpaired) electrons. The van der Waals surface area contributed by atoms with Gasteiger partial charge < -0.3 is 15.6 Å². The molecule has 0 unspecified atom stereocenters. The van der Waals surface area contributed by atoms with Gasteiger partial charge in [-0.15, -0.1) is 0 Å². The number of hydrogen-bond donors (Lipinski definition) is 2. The number of aromatic amines is 1. The summed E-state index contributed by atoms with van der Waals surface area (Å²) < 4.78 is 27.0. The van der Waals surface area contributed by atoms with Crippen LogP contribution in [0.3, 0.4) is 0 Å². The van der Waals surface area contributed by atoms with Gasteiger partial charge >= 0.3 is 0 Å². The molecule has 3 atom stereocenters. The van der Waals surface area contributed by atoms with E-state index < -0.39 is 17.7 Å². The van der Waals surface area contributed by atoms with Crippen molar-refractivity contribution in [2.24, 2.45) is 5.73 Å². The number of likely N-dealkylation sites (tertiary alicyclic amines) is 1. The maximum atomic E-state index is 13.6. The standard InChI is InChI=1S/C19H22F2N4O/c20-14-8-11-3-4-12(13(11)9-15(14)21)16(22)10-18(26)25-7-1-2-17(25)19-23-5-6-24-19/h5-6,8-9,12,16-17H,1-4,7,10,22H2,(H,23,24)/t12-,16-,17-/m0/s1. The van der Waals surface area contributed by atoms with Gasteiger partial charge in [-0.2, -0.15) is 0 Å². The summed E-state index contributed by atoms with van der Waals surface area (Å²) in [6, 6.07) is 2.06. The first-order chi connectivity index (χ1) is 12.5. The molecule has 2 aliphatic rings. The highest BCUT2D eigenvalue weighted by atomic mass is 19.2. The van der Waals surface area contributed by atoms with Gasteiger partial charge in [0.15, 0.2) is 11.6 Å². The lowest BCUT2D eigenvalue weighted by Gasteiger charge is -2.27. The highest BCUT2D eigenvalue weighted by molar-refractivity contribution is 5.77. The van der Waals surface area contributed by atoms with E-state index in [2.05, 4.69) is 9.97 Å². The Morgan fingerprint density at radius 3 is 2.92 bits per heavy atom. The number of amides is 1.